The fraction of sp³-hybridized carbons (Fsp3) is 0.357. The van der Waals surface area contributed by atoms with E-state index in [1.807, 2.05) is 6.92 Å². The van der Waals surface area contributed by atoms with Crippen molar-refractivity contribution in [3.8, 4) is 5.75 Å². The Labute approximate surface area is 190 Å². The zero-order valence-corrected chi connectivity index (χ0v) is 19.7. The second kappa shape index (κ2) is 9.15. The quantitative estimate of drug-likeness (QED) is 0.230. The van der Waals surface area contributed by atoms with E-state index in [1.54, 1.807) is 24.3 Å². The molecular formula is C28H32O4. The number of allylic oxidation sites excluding steroid dienone is 1. The van der Waals surface area contributed by atoms with E-state index in [9.17, 15) is 9.59 Å². The van der Waals surface area contributed by atoms with Crippen molar-refractivity contribution < 1.29 is 19.1 Å². The number of esters is 2. The summed E-state index contributed by atoms with van der Waals surface area (Å²) in [5.41, 5.74) is 4.94. The molecule has 0 aromatic heterocycles. The van der Waals surface area contributed by atoms with Crippen molar-refractivity contribution in [1.29, 1.82) is 0 Å². The molecule has 0 spiro atoms. The van der Waals surface area contributed by atoms with E-state index in [4.69, 9.17) is 9.47 Å². The van der Waals surface area contributed by atoms with Crippen molar-refractivity contribution in [2.24, 2.45) is 0 Å². The Morgan fingerprint density at radius 2 is 1.66 bits per heavy atom. The lowest BCUT2D eigenvalue weighted by atomic mass is 9.63. The first-order valence-corrected chi connectivity index (χ1v) is 11.0. The minimum Gasteiger partial charge on any atom is -0.458 e. The predicted molar refractivity (Wildman–Crippen MR) is 128 cm³/mol. The molecule has 3 rings (SSSR count). The number of ether oxygens (including phenoxy) is 2. The molecule has 0 fully saturated rings. The van der Waals surface area contributed by atoms with Gasteiger partial charge in [-0.3, -0.25) is 0 Å². The van der Waals surface area contributed by atoms with Crippen LogP contribution in [0.25, 0.3) is 5.57 Å². The van der Waals surface area contributed by atoms with Crippen LogP contribution in [0.3, 0.4) is 0 Å². The Hall–Kier alpha value is -3.14. The molecule has 168 valence electrons. The summed E-state index contributed by atoms with van der Waals surface area (Å²) in [7, 11) is 0. The topological polar surface area (TPSA) is 52.6 Å². The van der Waals surface area contributed by atoms with Crippen molar-refractivity contribution in [1.82, 2.24) is 0 Å². The van der Waals surface area contributed by atoms with Gasteiger partial charge < -0.3 is 9.47 Å². The molecule has 1 aliphatic carbocycles. The molecule has 0 saturated carbocycles. The first-order valence-electron chi connectivity index (χ1n) is 11.0. The zero-order valence-electron chi connectivity index (χ0n) is 19.7. The number of carbonyl (C=O) groups is 2. The van der Waals surface area contributed by atoms with Crippen LogP contribution < -0.4 is 4.74 Å². The molecule has 4 nitrogen and oxygen atoms in total. The Morgan fingerprint density at radius 1 is 1.00 bits per heavy atom. The molecule has 0 saturated heterocycles. The third-order valence-electron chi connectivity index (χ3n) is 6.29. The van der Waals surface area contributed by atoms with Gasteiger partial charge in [-0.25, -0.2) is 9.59 Å². The highest BCUT2D eigenvalue weighted by molar-refractivity contribution is 5.96. The van der Waals surface area contributed by atoms with E-state index < -0.39 is 11.9 Å². The molecule has 0 radical (unpaired) electrons. The smallest absolute Gasteiger partial charge is 0.342 e. The molecule has 2 aromatic carbocycles. The Bertz CT molecular complexity index is 1070. The van der Waals surface area contributed by atoms with Crippen molar-refractivity contribution in [3.63, 3.8) is 0 Å². The highest BCUT2D eigenvalue weighted by atomic mass is 16.5. The maximum Gasteiger partial charge on any atom is 0.342 e. The van der Waals surface area contributed by atoms with Gasteiger partial charge in [-0.05, 0) is 65.0 Å². The van der Waals surface area contributed by atoms with E-state index in [1.165, 1.54) is 23.3 Å². The number of rotatable bonds is 6. The van der Waals surface area contributed by atoms with Crippen molar-refractivity contribution in [3.05, 3.63) is 83.4 Å². The molecule has 0 bridgehead atoms. The molecule has 0 amide bonds. The van der Waals surface area contributed by atoms with Crippen LogP contribution in [0.15, 0.2) is 61.2 Å². The van der Waals surface area contributed by atoms with Gasteiger partial charge in [-0.2, -0.15) is 0 Å². The average Bonchev–Trinajstić information content (AvgIpc) is 2.75. The van der Waals surface area contributed by atoms with Gasteiger partial charge in [-0.1, -0.05) is 70.7 Å². The Balaban J connectivity index is 1.84. The van der Waals surface area contributed by atoms with Crippen LogP contribution in [0.2, 0.25) is 0 Å². The summed E-state index contributed by atoms with van der Waals surface area (Å²) in [6, 6.07) is 13.0. The van der Waals surface area contributed by atoms with Crippen LogP contribution >= 0.6 is 0 Å². The van der Waals surface area contributed by atoms with E-state index in [2.05, 4.69) is 52.5 Å². The minimum atomic E-state index is -0.562. The van der Waals surface area contributed by atoms with Gasteiger partial charge in [0, 0.05) is 6.08 Å². The summed E-state index contributed by atoms with van der Waals surface area (Å²) in [5, 5.41) is 0. The lowest BCUT2D eigenvalue weighted by Gasteiger charge is -2.42. The van der Waals surface area contributed by atoms with Gasteiger partial charge in [0.05, 0.1) is 0 Å². The number of benzene rings is 2. The zero-order chi connectivity index (χ0) is 23.5. The van der Waals surface area contributed by atoms with Crippen molar-refractivity contribution in [2.75, 3.05) is 6.61 Å². The average molecular weight is 433 g/mol. The number of hydrogen-bond donors (Lipinski definition) is 0. The predicted octanol–water partition coefficient (Wildman–Crippen LogP) is 6.39. The van der Waals surface area contributed by atoms with E-state index in [0.29, 0.717) is 0 Å². The molecular weight excluding hydrogens is 400 g/mol. The molecule has 0 atom stereocenters. The van der Waals surface area contributed by atoms with E-state index in [-0.39, 0.29) is 28.7 Å². The maximum absolute atomic E-state index is 12.6. The number of carbonyl (C=O) groups excluding carboxylic acids is 2. The molecule has 0 heterocycles. The summed E-state index contributed by atoms with van der Waals surface area (Å²) in [4.78, 5) is 24.9. The van der Waals surface area contributed by atoms with Crippen molar-refractivity contribution >= 4 is 17.5 Å². The first-order chi connectivity index (χ1) is 15.0. The van der Waals surface area contributed by atoms with Crippen LogP contribution in [-0.4, -0.2) is 18.5 Å². The van der Waals surface area contributed by atoms with Gasteiger partial charge >= 0.3 is 11.9 Å². The van der Waals surface area contributed by atoms with Crippen LogP contribution in [0.1, 0.15) is 74.5 Å². The second-order valence-corrected chi connectivity index (χ2v) is 9.66. The highest BCUT2D eigenvalue weighted by Crippen LogP contribution is 2.46. The second-order valence-electron chi connectivity index (χ2n) is 9.66. The number of hydrogen-bond acceptors (Lipinski definition) is 4. The summed E-state index contributed by atoms with van der Waals surface area (Å²) >= 11 is 0. The summed E-state index contributed by atoms with van der Waals surface area (Å²) in [6.07, 6.45) is 5.23. The summed E-state index contributed by atoms with van der Waals surface area (Å²) in [5.74, 6) is -0.929. The van der Waals surface area contributed by atoms with Crippen LogP contribution in [0, 0.1) is 0 Å². The third kappa shape index (κ3) is 5.01. The van der Waals surface area contributed by atoms with Crippen LogP contribution in [-0.2, 0) is 20.4 Å². The van der Waals surface area contributed by atoms with Gasteiger partial charge in [0.1, 0.15) is 17.9 Å². The minimum absolute atomic E-state index is 0.0889. The Morgan fingerprint density at radius 3 is 2.34 bits per heavy atom. The van der Waals surface area contributed by atoms with Gasteiger partial charge in [0.15, 0.2) is 0 Å². The normalized spacial score (nSPS) is 16.6. The largest absolute Gasteiger partial charge is 0.458 e. The molecule has 0 aliphatic heterocycles. The van der Waals surface area contributed by atoms with E-state index in [0.717, 1.165) is 24.0 Å². The van der Waals surface area contributed by atoms with E-state index >= 15 is 0 Å². The third-order valence-corrected chi connectivity index (χ3v) is 6.29. The first kappa shape index (κ1) is 23.5. The van der Waals surface area contributed by atoms with Crippen LogP contribution in [0.4, 0.5) is 0 Å². The van der Waals surface area contributed by atoms with Crippen LogP contribution in [0.5, 0.6) is 5.75 Å². The molecule has 32 heavy (non-hydrogen) atoms. The van der Waals surface area contributed by atoms with Gasteiger partial charge in [0.25, 0.3) is 0 Å². The summed E-state index contributed by atoms with van der Waals surface area (Å²) < 4.78 is 10.6. The molecule has 2 aromatic rings. The molecule has 1 aliphatic rings. The number of fused-ring (bicyclic) bond motifs is 1. The van der Waals surface area contributed by atoms with Crippen molar-refractivity contribution in [2.45, 2.75) is 58.3 Å². The molecule has 4 heteroatoms. The monoisotopic (exact) mass is 432 g/mol. The number of para-hydroxylation sites is 1. The standard InChI is InChI=1S/C28H32O4/c1-7-16-31-26(30)21-10-8-9-11-24(21)32-25(29)17-19(2)20-12-13-22-23(18-20)28(5,6)15-14-27(22,3)4/h7-13,17-18H,1,14-16H2,2-6H3. The Kier molecular flexibility index (Phi) is 6.73. The highest BCUT2D eigenvalue weighted by Gasteiger charge is 2.36. The molecule has 0 unspecified atom stereocenters. The lowest BCUT2D eigenvalue weighted by molar-refractivity contribution is -0.128. The van der Waals surface area contributed by atoms with Gasteiger partial charge in [-0.15, -0.1) is 0 Å². The lowest BCUT2D eigenvalue weighted by Crippen LogP contribution is -2.33. The fourth-order valence-corrected chi connectivity index (χ4v) is 4.17. The molecule has 0 N–H and O–H groups in total. The fourth-order valence-electron chi connectivity index (χ4n) is 4.17. The van der Waals surface area contributed by atoms with Gasteiger partial charge in [0.2, 0.25) is 0 Å². The summed E-state index contributed by atoms with van der Waals surface area (Å²) in [6.45, 7) is 14.7. The maximum atomic E-state index is 12.6. The SMILES string of the molecule is C=CCOC(=O)c1ccccc1OC(=O)C=C(C)c1ccc2c(c1)C(C)(C)CCC2(C)C.